The number of pyridine rings is 1. The predicted octanol–water partition coefficient (Wildman–Crippen LogP) is 2.71. The molecule has 0 saturated carbocycles. The predicted molar refractivity (Wildman–Crippen MR) is 71.0 cm³/mol. The van der Waals surface area contributed by atoms with Gasteiger partial charge in [0.05, 0.1) is 12.3 Å². The molecule has 0 aliphatic heterocycles. The molecule has 0 atom stereocenters. The molecule has 0 radical (unpaired) electrons. The average molecular weight is 266 g/mol. The average Bonchev–Trinajstić information content (AvgIpc) is 2.67. The van der Waals surface area contributed by atoms with Gasteiger partial charge in [-0.15, -0.1) is 0 Å². The van der Waals surface area contributed by atoms with Crippen LogP contribution in [0.15, 0.2) is 24.4 Å². The van der Waals surface area contributed by atoms with Crippen molar-refractivity contribution in [2.75, 3.05) is 0 Å². The fourth-order valence-electron chi connectivity index (χ4n) is 1.80. The lowest BCUT2D eigenvalue weighted by atomic mass is 9.90. The highest BCUT2D eigenvalue weighted by molar-refractivity contribution is 6.30. The Kier molecular flexibility index (Phi) is 3.41. The van der Waals surface area contributed by atoms with E-state index in [4.69, 9.17) is 11.6 Å². The van der Waals surface area contributed by atoms with E-state index in [1.165, 1.54) is 0 Å². The van der Waals surface area contributed by atoms with E-state index < -0.39 is 0 Å². The molecule has 0 fully saturated rings. The molecule has 2 aromatic heterocycles. The third-order valence-electron chi connectivity index (χ3n) is 2.66. The second kappa shape index (κ2) is 4.71. The summed E-state index contributed by atoms with van der Waals surface area (Å²) in [4.78, 5) is 4.22. The third kappa shape index (κ3) is 2.26. The van der Waals surface area contributed by atoms with Crippen LogP contribution in [-0.2, 0) is 12.0 Å². The first-order chi connectivity index (χ1) is 8.45. The summed E-state index contributed by atoms with van der Waals surface area (Å²) in [5.41, 5.74) is 1.28. The van der Waals surface area contributed by atoms with Crippen LogP contribution in [0.1, 0.15) is 32.0 Å². The normalized spacial score (nSPS) is 11.8. The molecule has 96 valence electrons. The third-order valence-corrected chi connectivity index (χ3v) is 3.04. The van der Waals surface area contributed by atoms with Crippen LogP contribution >= 0.6 is 11.6 Å². The number of aliphatic hydroxyl groups excluding tert-OH is 1. The van der Waals surface area contributed by atoms with Crippen LogP contribution < -0.4 is 0 Å². The molecular formula is C13H16ClN3O. The van der Waals surface area contributed by atoms with Crippen LogP contribution in [0.3, 0.4) is 0 Å². The summed E-state index contributed by atoms with van der Waals surface area (Å²) in [5.74, 6) is 0.646. The summed E-state index contributed by atoms with van der Waals surface area (Å²) < 4.78 is 1.56. The van der Waals surface area contributed by atoms with Gasteiger partial charge >= 0.3 is 0 Å². The highest BCUT2D eigenvalue weighted by Crippen LogP contribution is 2.31. The van der Waals surface area contributed by atoms with E-state index in [2.05, 4.69) is 10.1 Å². The Morgan fingerprint density at radius 2 is 2.06 bits per heavy atom. The minimum atomic E-state index is -0.179. The van der Waals surface area contributed by atoms with E-state index in [0.717, 1.165) is 5.69 Å². The van der Waals surface area contributed by atoms with Gasteiger partial charge in [-0.1, -0.05) is 38.4 Å². The molecule has 2 heterocycles. The molecule has 1 N–H and O–H groups in total. The summed E-state index contributed by atoms with van der Waals surface area (Å²) in [6.07, 6.45) is 1.68. The number of aliphatic hydroxyl groups is 1. The van der Waals surface area contributed by atoms with Crippen LogP contribution in [0.2, 0.25) is 5.15 Å². The van der Waals surface area contributed by atoms with Gasteiger partial charge in [-0.3, -0.25) is 0 Å². The smallest absolute Gasteiger partial charge is 0.155 e. The molecule has 0 aliphatic carbocycles. The second-order valence-corrected chi connectivity index (χ2v) is 5.48. The van der Waals surface area contributed by atoms with Gasteiger partial charge < -0.3 is 5.11 Å². The van der Waals surface area contributed by atoms with Gasteiger partial charge in [0.2, 0.25) is 0 Å². The molecule has 2 rings (SSSR count). The zero-order valence-corrected chi connectivity index (χ0v) is 11.4. The lowest BCUT2D eigenvalue weighted by molar-refractivity contribution is 0.278. The quantitative estimate of drug-likeness (QED) is 0.908. The Hall–Kier alpha value is -1.39. The van der Waals surface area contributed by atoms with Gasteiger partial charge in [0.1, 0.15) is 5.15 Å². The van der Waals surface area contributed by atoms with Crippen molar-refractivity contribution in [1.82, 2.24) is 14.8 Å². The second-order valence-electron chi connectivity index (χ2n) is 5.13. The molecule has 0 spiro atoms. The van der Waals surface area contributed by atoms with Gasteiger partial charge in [-0.2, -0.15) is 5.10 Å². The van der Waals surface area contributed by atoms with Crippen LogP contribution in [0, 0.1) is 0 Å². The van der Waals surface area contributed by atoms with Gasteiger partial charge in [-0.25, -0.2) is 9.67 Å². The van der Waals surface area contributed by atoms with Crippen LogP contribution in [-0.4, -0.2) is 19.9 Å². The van der Waals surface area contributed by atoms with Crippen molar-refractivity contribution in [3.8, 4) is 5.82 Å². The van der Waals surface area contributed by atoms with E-state index in [-0.39, 0.29) is 12.0 Å². The highest BCUT2D eigenvalue weighted by atomic mass is 35.5. The van der Waals surface area contributed by atoms with Crippen molar-refractivity contribution in [2.45, 2.75) is 32.8 Å². The van der Waals surface area contributed by atoms with Gasteiger partial charge in [0.15, 0.2) is 5.82 Å². The van der Waals surface area contributed by atoms with Crippen molar-refractivity contribution in [3.63, 3.8) is 0 Å². The van der Waals surface area contributed by atoms with Crippen molar-refractivity contribution in [3.05, 3.63) is 40.8 Å². The summed E-state index contributed by atoms with van der Waals surface area (Å²) in [6.45, 7) is 5.98. The first kappa shape index (κ1) is 13.1. The number of aromatic nitrogens is 3. The molecule has 0 saturated heterocycles. The van der Waals surface area contributed by atoms with Crippen molar-refractivity contribution in [1.29, 1.82) is 0 Å². The fourth-order valence-corrected chi connectivity index (χ4v) is 2.08. The van der Waals surface area contributed by atoms with Crippen LogP contribution in [0.5, 0.6) is 0 Å². The Labute approximate surface area is 111 Å². The van der Waals surface area contributed by atoms with Gasteiger partial charge in [0.25, 0.3) is 0 Å². The molecule has 0 bridgehead atoms. The van der Waals surface area contributed by atoms with Gasteiger partial charge in [-0.05, 0) is 12.1 Å². The Morgan fingerprint density at radius 1 is 1.33 bits per heavy atom. The summed E-state index contributed by atoms with van der Waals surface area (Å²) in [6, 6.07) is 5.53. The summed E-state index contributed by atoms with van der Waals surface area (Å²) in [7, 11) is 0. The number of rotatable bonds is 2. The molecular weight excluding hydrogens is 250 g/mol. The van der Waals surface area contributed by atoms with Gasteiger partial charge in [0, 0.05) is 17.2 Å². The maximum atomic E-state index is 9.46. The zero-order chi connectivity index (χ0) is 13.3. The lowest BCUT2D eigenvalue weighted by Crippen LogP contribution is -2.15. The largest absolute Gasteiger partial charge is 0.391 e. The molecule has 0 aromatic carbocycles. The maximum Gasteiger partial charge on any atom is 0.155 e. The fraction of sp³-hybridized carbons (Fsp3) is 0.385. The molecule has 0 amide bonds. The summed E-state index contributed by atoms with van der Waals surface area (Å²) >= 11 is 6.27. The Bertz CT molecular complexity index is 543. The number of hydrogen-bond donors (Lipinski definition) is 1. The number of halogens is 1. The van der Waals surface area contributed by atoms with E-state index in [9.17, 15) is 5.11 Å². The van der Waals surface area contributed by atoms with Crippen molar-refractivity contribution >= 4 is 11.6 Å². The van der Waals surface area contributed by atoms with E-state index >= 15 is 0 Å². The monoisotopic (exact) mass is 265 g/mol. The standard InChI is InChI=1S/C13H16ClN3O/c1-13(2,3)11-9(8-18)12(14)17(16-11)10-6-4-5-7-15-10/h4-7,18H,8H2,1-3H3. The molecule has 18 heavy (non-hydrogen) atoms. The molecule has 4 nitrogen and oxygen atoms in total. The molecule has 0 aliphatic rings. The number of hydrogen-bond acceptors (Lipinski definition) is 3. The molecule has 0 unspecified atom stereocenters. The molecule has 5 heteroatoms. The Morgan fingerprint density at radius 3 is 2.50 bits per heavy atom. The number of nitrogens with zero attached hydrogens (tertiary/aromatic N) is 3. The van der Waals surface area contributed by atoms with Crippen LogP contribution in [0.4, 0.5) is 0 Å². The minimum Gasteiger partial charge on any atom is -0.391 e. The topological polar surface area (TPSA) is 50.9 Å². The van der Waals surface area contributed by atoms with E-state index in [1.54, 1.807) is 10.9 Å². The first-order valence-electron chi connectivity index (χ1n) is 5.75. The summed E-state index contributed by atoms with van der Waals surface area (Å²) in [5, 5.41) is 14.4. The highest BCUT2D eigenvalue weighted by Gasteiger charge is 2.26. The maximum absolute atomic E-state index is 9.46. The van der Waals surface area contributed by atoms with Crippen molar-refractivity contribution in [2.24, 2.45) is 0 Å². The first-order valence-corrected chi connectivity index (χ1v) is 6.13. The van der Waals surface area contributed by atoms with Crippen molar-refractivity contribution < 1.29 is 5.11 Å². The zero-order valence-electron chi connectivity index (χ0n) is 10.7. The Balaban J connectivity index is 2.61. The SMILES string of the molecule is CC(C)(C)c1nn(-c2ccccn2)c(Cl)c1CO. The van der Waals surface area contributed by atoms with E-state index in [0.29, 0.717) is 16.5 Å². The van der Waals surface area contributed by atoms with E-state index in [1.807, 2.05) is 39.0 Å². The minimum absolute atomic E-state index is 0.127. The lowest BCUT2D eigenvalue weighted by Gasteiger charge is -2.16. The molecule has 2 aromatic rings. The van der Waals surface area contributed by atoms with Crippen LogP contribution in [0.25, 0.3) is 5.82 Å².